The lowest BCUT2D eigenvalue weighted by atomic mass is 9.94. The maximum Gasteiger partial charge on any atom is 0.295 e. The van der Waals surface area contributed by atoms with Crippen molar-refractivity contribution in [3.05, 3.63) is 70.8 Å². The Labute approximate surface area is 225 Å². The molecule has 9 heteroatoms. The van der Waals surface area contributed by atoms with Crippen molar-refractivity contribution in [2.75, 3.05) is 40.3 Å². The predicted molar refractivity (Wildman–Crippen MR) is 147 cm³/mol. The van der Waals surface area contributed by atoms with Crippen LogP contribution in [0.3, 0.4) is 0 Å². The number of hydrogen-bond donors (Lipinski definition) is 1. The van der Waals surface area contributed by atoms with E-state index in [-0.39, 0.29) is 21.8 Å². The molecular formula is C29H37N3O5S. The molecule has 204 valence electrons. The standard InChI is InChI=1S/C29H37N3O5S/c1-4-21-12-14-22(15-13-21)26-25(28(34)29(35)32(26)19-9-16-30(2)3)27(33)23-10-8-11-24(20-23)38(36,37)31-17-6-5-7-18-31/h8,10-15,20,26,33H,4-7,9,16-19H2,1-3H3/b27-25-. The van der Waals surface area contributed by atoms with Gasteiger partial charge in [0.2, 0.25) is 10.0 Å². The number of rotatable bonds is 9. The second-order valence-corrected chi connectivity index (χ2v) is 12.2. The highest BCUT2D eigenvalue weighted by Crippen LogP contribution is 2.40. The van der Waals surface area contributed by atoms with Gasteiger partial charge in [0.25, 0.3) is 11.7 Å². The molecule has 1 unspecified atom stereocenters. The molecule has 0 bridgehead atoms. The number of piperidine rings is 1. The molecule has 1 N–H and O–H groups in total. The number of hydrogen-bond acceptors (Lipinski definition) is 6. The van der Waals surface area contributed by atoms with E-state index in [1.54, 1.807) is 12.1 Å². The summed E-state index contributed by atoms with van der Waals surface area (Å²) in [4.78, 5) is 30.1. The topological polar surface area (TPSA) is 98.2 Å². The van der Waals surface area contributed by atoms with Crippen LogP contribution in [0.2, 0.25) is 0 Å². The number of nitrogens with zero attached hydrogens (tertiary/aromatic N) is 3. The zero-order valence-corrected chi connectivity index (χ0v) is 23.2. The second kappa shape index (κ2) is 11.8. The Hall–Kier alpha value is -3.01. The van der Waals surface area contributed by atoms with Crippen LogP contribution < -0.4 is 0 Å². The van der Waals surface area contributed by atoms with Crippen LogP contribution in [0.25, 0.3) is 5.76 Å². The van der Waals surface area contributed by atoms with E-state index in [2.05, 4.69) is 0 Å². The Balaban J connectivity index is 1.77. The van der Waals surface area contributed by atoms with Crippen LogP contribution in [-0.4, -0.2) is 79.6 Å². The van der Waals surface area contributed by atoms with Gasteiger partial charge in [-0.05, 0) is 69.6 Å². The number of Topliss-reactive ketones (excluding diaryl/α,β-unsaturated/α-hetero) is 1. The number of amides is 1. The fourth-order valence-electron chi connectivity index (χ4n) is 5.16. The average Bonchev–Trinajstić information content (AvgIpc) is 3.18. The molecule has 0 aromatic heterocycles. The quantitative estimate of drug-likeness (QED) is 0.296. The largest absolute Gasteiger partial charge is 0.507 e. The third-order valence-electron chi connectivity index (χ3n) is 7.31. The lowest BCUT2D eigenvalue weighted by Crippen LogP contribution is -2.35. The van der Waals surface area contributed by atoms with E-state index in [1.165, 1.54) is 21.3 Å². The van der Waals surface area contributed by atoms with Gasteiger partial charge in [-0.1, -0.05) is 49.7 Å². The number of ketones is 1. The summed E-state index contributed by atoms with van der Waals surface area (Å²) in [6.45, 7) is 4.06. The van der Waals surface area contributed by atoms with Crippen LogP contribution in [0.4, 0.5) is 0 Å². The molecule has 2 fully saturated rings. The van der Waals surface area contributed by atoms with Gasteiger partial charge in [-0.2, -0.15) is 4.31 Å². The van der Waals surface area contributed by atoms with Gasteiger partial charge in [-0.15, -0.1) is 0 Å². The molecule has 1 atom stereocenters. The fourth-order valence-corrected chi connectivity index (χ4v) is 6.73. The molecule has 2 heterocycles. The third kappa shape index (κ3) is 5.70. The normalized spacial score (nSPS) is 20.4. The number of aryl methyl sites for hydroxylation is 1. The van der Waals surface area contributed by atoms with Crippen molar-refractivity contribution in [3.63, 3.8) is 0 Å². The highest BCUT2D eigenvalue weighted by molar-refractivity contribution is 7.89. The van der Waals surface area contributed by atoms with Crippen molar-refractivity contribution >= 4 is 27.5 Å². The number of carbonyl (C=O) groups is 2. The Morgan fingerprint density at radius 1 is 1.03 bits per heavy atom. The Bertz CT molecular complexity index is 1310. The number of benzene rings is 2. The first-order chi connectivity index (χ1) is 18.1. The first kappa shape index (κ1) is 28.0. The van der Waals surface area contributed by atoms with E-state index in [1.807, 2.05) is 50.2 Å². The summed E-state index contributed by atoms with van der Waals surface area (Å²) in [7, 11) is 0.151. The highest BCUT2D eigenvalue weighted by atomic mass is 32.2. The minimum absolute atomic E-state index is 0.0170. The summed E-state index contributed by atoms with van der Waals surface area (Å²) in [6.07, 6.45) is 4.13. The van der Waals surface area contributed by atoms with E-state index in [4.69, 9.17) is 0 Å². The summed E-state index contributed by atoms with van der Waals surface area (Å²) in [5.41, 5.74) is 2.03. The van der Waals surface area contributed by atoms with E-state index >= 15 is 0 Å². The van der Waals surface area contributed by atoms with Crippen LogP contribution in [0, 0.1) is 0 Å². The van der Waals surface area contributed by atoms with Gasteiger partial charge in [0, 0.05) is 25.2 Å². The van der Waals surface area contributed by atoms with Crippen LogP contribution in [0.5, 0.6) is 0 Å². The molecule has 0 aliphatic carbocycles. The van der Waals surface area contributed by atoms with Crippen molar-refractivity contribution in [2.45, 2.75) is 50.0 Å². The first-order valence-corrected chi connectivity index (χ1v) is 14.7. The van der Waals surface area contributed by atoms with Crippen LogP contribution in [0.1, 0.15) is 55.3 Å². The van der Waals surface area contributed by atoms with Crippen molar-refractivity contribution in [1.82, 2.24) is 14.1 Å². The molecule has 1 amide bonds. The molecule has 2 aromatic carbocycles. The van der Waals surface area contributed by atoms with Gasteiger partial charge in [0.05, 0.1) is 16.5 Å². The molecule has 2 saturated heterocycles. The van der Waals surface area contributed by atoms with Gasteiger partial charge in [-0.25, -0.2) is 8.42 Å². The Morgan fingerprint density at radius 3 is 2.34 bits per heavy atom. The summed E-state index contributed by atoms with van der Waals surface area (Å²) < 4.78 is 28.0. The van der Waals surface area contributed by atoms with Gasteiger partial charge in [-0.3, -0.25) is 9.59 Å². The molecule has 2 aliphatic rings. The Kier molecular flexibility index (Phi) is 8.70. The van der Waals surface area contributed by atoms with Gasteiger partial charge in [0.15, 0.2) is 0 Å². The summed E-state index contributed by atoms with van der Waals surface area (Å²) in [5, 5.41) is 11.4. The van der Waals surface area contributed by atoms with Gasteiger partial charge < -0.3 is 14.9 Å². The third-order valence-corrected chi connectivity index (χ3v) is 9.20. The van der Waals surface area contributed by atoms with E-state index < -0.39 is 27.8 Å². The maximum atomic E-state index is 13.3. The second-order valence-electron chi connectivity index (χ2n) is 10.2. The number of aliphatic hydroxyl groups excluding tert-OH is 1. The average molecular weight is 540 g/mol. The van der Waals surface area contributed by atoms with Crippen LogP contribution in [0.15, 0.2) is 59.0 Å². The van der Waals surface area contributed by atoms with Gasteiger partial charge >= 0.3 is 0 Å². The molecule has 38 heavy (non-hydrogen) atoms. The predicted octanol–water partition coefficient (Wildman–Crippen LogP) is 3.80. The van der Waals surface area contributed by atoms with Crippen molar-refractivity contribution < 1.29 is 23.1 Å². The summed E-state index contributed by atoms with van der Waals surface area (Å²) in [5.74, 6) is -1.79. The summed E-state index contributed by atoms with van der Waals surface area (Å²) >= 11 is 0. The van der Waals surface area contributed by atoms with E-state index in [0.29, 0.717) is 26.1 Å². The summed E-state index contributed by atoms with van der Waals surface area (Å²) in [6, 6.07) is 13.0. The van der Waals surface area contributed by atoms with Crippen LogP contribution in [-0.2, 0) is 26.0 Å². The molecule has 4 rings (SSSR count). The lowest BCUT2D eigenvalue weighted by Gasteiger charge is -2.26. The first-order valence-electron chi connectivity index (χ1n) is 13.3. The lowest BCUT2D eigenvalue weighted by molar-refractivity contribution is -0.139. The fraction of sp³-hybridized carbons (Fsp3) is 0.448. The molecule has 0 radical (unpaired) electrons. The molecular weight excluding hydrogens is 502 g/mol. The minimum atomic E-state index is -3.74. The van der Waals surface area contributed by atoms with Crippen molar-refractivity contribution in [1.29, 1.82) is 0 Å². The monoisotopic (exact) mass is 539 g/mol. The zero-order valence-electron chi connectivity index (χ0n) is 22.4. The van der Waals surface area contributed by atoms with E-state index in [9.17, 15) is 23.1 Å². The highest BCUT2D eigenvalue weighted by Gasteiger charge is 2.45. The van der Waals surface area contributed by atoms with E-state index in [0.717, 1.165) is 43.4 Å². The smallest absolute Gasteiger partial charge is 0.295 e. The maximum absolute atomic E-state index is 13.3. The molecule has 0 saturated carbocycles. The molecule has 2 aliphatic heterocycles. The number of sulfonamides is 1. The Morgan fingerprint density at radius 2 is 1.71 bits per heavy atom. The molecule has 8 nitrogen and oxygen atoms in total. The number of likely N-dealkylation sites (tertiary alicyclic amines) is 1. The number of carbonyl (C=O) groups excluding carboxylic acids is 2. The minimum Gasteiger partial charge on any atom is -0.507 e. The van der Waals surface area contributed by atoms with Gasteiger partial charge in [0.1, 0.15) is 5.76 Å². The SMILES string of the molecule is CCc1ccc(C2/C(=C(/O)c3cccc(S(=O)(=O)N4CCCCC4)c3)C(=O)C(=O)N2CCCN(C)C)cc1. The van der Waals surface area contributed by atoms with Crippen LogP contribution >= 0.6 is 0 Å². The van der Waals surface area contributed by atoms with Crippen molar-refractivity contribution in [3.8, 4) is 0 Å². The molecule has 2 aromatic rings. The molecule has 0 spiro atoms. The number of aliphatic hydroxyl groups is 1. The zero-order chi connectivity index (χ0) is 27.4. The van der Waals surface area contributed by atoms with Crippen molar-refractivity contribution in [2.24, 2.45) is 0 Å².